The van der Waals surface area contributed by atoms with Crippen LogP contribution in [0.3, 0.4) is 0 Å². The van der Waals surface area contributed by atoms with Crippen molar-refractivity contribution in [1.29, 1.82) is 0 Å². The zero-order valence-corrected chi connectivity index (χ0v) is 8.59. The predicted molar refractivity (Wildman–Crippen MR) is 56.8 cm³/mol. The molecule has 0 bridgehead atoms. The number of carboxylic acid groups (broad SMARTS) is 1. The summed E-state index contributed by atoms with van der Waals surface area (Å²) in [7, 11) is 0. The van der Waals surface area contributed by atoms with Gasteiger partial charge in [-0.15, -0.1) is 0 Å². The van der Waals surface area contributed by atoms with Crippen LogP contribution >= 0.6 is 0 Å². The molecular formula is C11H13NO4. The number of hydrogen-bond donors (Lipinski definition) is 3. The van der Waals surface area contributed by atoms with Gasteiger partial charge in [-0.05, 0) is 5.56 Å². The van der Waals surface area contributed by atoms with E-state index in [-0.39, 0.29) is 6.42 Å². The summed E-state index contributed by atoms with van der Waals surface area (Å²) >= 11 is 0. The van der Waals surface area contributed by atoms with E-state index < -0.39 is 23.9 Å². The molecule has 0 aliphatic heterocycles. The maximum absolute atomic E-state index is 11.6. The first kappa shape index (κ1) is 12.4. The third kappa shape index (κ3) is 2.44. The molecule has 0 aliphatic rings. The third-order valence-corrected chi connectivity index (χ3v) is 2.32. The molecule has 5 heteroatoms. The van der Waals surface area contributed by atoms with Crippen LogP contribution in [-0.2, 0) is 16.0 Å². The number of hydrogen-bond acceptors (Lipinski definition) is 4. The number of aliphatic hydroxyl groups is 1. The highest BCUT2D eigenvalue weighted by Gasteiger charge is 2.42. The van der Waals surface area contributed by atoms with Gasteiger partial charge < -0.3 is 15.9 Å². The smallest absolute Gasteiger partial charge is 0.344 e. The SMILES string of the molecule is NCC(O)(C(=O)O)C(=O)Cc1ccccc1. The largest absolute Gasteiger partial charge is 0.479 e. The van der Waals surface area contributed by atoms with Crippen molar-refractivity contribution >= 4 is 11.8 Å². The standard InChI is InChI=1S/C11H13NO4/c12-7-11(16,10(14)15)9(13)6-8-4-2-1-3-5-8/h1-5,16H,6-7,12H2,(H,14,15). The molecular weight excluding hydrogens is 210 g/mol. The minimum atomic E-state index is -2.49. The molecule has 0 spiro atoms. The highest BCUT2D eigenvalue weighted by atomic mass is 16.4. The van der Waals surface area contributed by atoms with Crippen LogP contribution in [-0.4, -0.2) is 34.1 Å². The number of carbonyl (C=O) groups excluding carboxylic acids is 1. The lowest BCUT2D eigenvalue weighted by molar-refractivity contribution is -0.163. The van der Waals surface area contributed by atoms with Gasteiger partial charge in [0.2, 0.25) is 5.60 Å². The van der Waals surface area contributed by atoms with Gasteiger partial charge in [-0.1, -0.05) is 30.3 Å². The van der Waals surface area contributed by atoms with Crippen LogP contribution in [0.1, 0.15) is 5.56 Å². The number of aliphatic carboxylic acids is 1. The van der Waals surface area contributed by atoms with Crippen molar-refractivity contribution in [2.24, 2.45) is 5.73 Å². The molecule has 1 unspecified atom stereocenters. The number of carbonyl (C=O) groups is 2. The second kappa shape index (κ2) is 4.87. The number of ketones is 1. The quantitative estimate of drug-likeness (QED) is 0.588. The summed E-state index contributed by atoms with van der Waals surface area (Å²) in [6.45, 7) is -0.631. The average molecular weight is 223 g/mol. The van der Waals surface area contributed by atoms with Crippen molar-refractivity contribution < 1.29 is 19.8 Å². The van der Waals surface area contributed by atoms with Crippen LogP contribution in [0.25, 0.3) is 0 Å². The number of Topliss-reactive ketones (excluding diaryl/α,β-unsaturated/α-hetero) is 1. The highest BCUT2D eigenvalue weighted by Crippen LogP contribution is 2.10. The minimum absolute atomic E-state index is 0.152. The van der Waals surface area contributed by atoms with E-state index in [1.807, 2.05) is 0 Å². The summed E-state index contributed by atoms with van der Waals surface area (Å²) in [6, 6.07) is 8.59. The van der Waals surface area contributed by atoms with Crippen molar-refractivity contribution in [2.75, 3.05) is 6.54 Å². The predicted octanol–water partition coefficient (Wildman–Crippen LogP) is -0.427. The number of carboxylic acids is 1. The van der Waals surface area contributed by atoms with Crippen LogP contribution in [0.4, 0.5) is 0 Å². The summed E-state index contributed by atoms with van der Waals surface area (Å²) < 4.78 is 0. The van der Waals surface area contributed by atoms with Crippen molar-refractivity contribution in [3.63, 3.8) is 0 Å². The van der Waals surface area contributed by atoms with Crippen LogP contribution in [0.15, 0.2) is 30.3 Å². The maximum atomic E-state index is 11.6. The molecule has 0 fully saturated rings. The molecule has 0 saturated heterocycles. The molecule has 1 rings (SSSR count). The van der Waals surface area contributed by atoms with Crippen molar-refractivity contribution in [2.45, 2.75) is 12.0 Å². The number of nitrogens with two attached hydrogens (primary N) is 1. The Labute approximate surface area is 92.5 Å². The molecule has 0 aliphatic carbocycles. The number of rotatable bonds is 5. The van der Waals surface area contributed by atoms with Gasteiger partial charge in [0.15, 0.2) is 5.78 Å². The maximum Gasteiger partial charge on any atom is 0.344 e. The van der Waals surface area contributed by atoms with Gasteiger partial charge in [-0.2, -0.15) is 0 Å². The fraction of sp³-hybridized carbons (Fsp3) is 0.273. The Morgan fingerprint density at radius 1 is 1.25 bits per heavy atom. The molecule has 5 nitrogen and oxygen atoms in total. The summed E-state index contributed by atoms with van der Waals surface area (Å²) in [5, 5.41) is 18.3. The normalized spacial score (nSPS) is 14.1. The molecule has 0 radical (unpaired) electrons. The van der Waals surface area contributed by atoms with Gasteiger partial charge in [0.25, 0.3) is 0 Å². The first-order chi connectivity index (χ1) is 7.50. The first-order valence-electron chi connectivity index (χ1n) is 4.74. The molecule has 0 saturated carbocycles. The van der Waals surface area contributed by atoms with E-state index in [9.17, 15) is 14.7 Å². The average Bonchev–Trinajstić information content (AvgIpc) is 2.28. The van der Waals surface area contributed by atoms with E-state index >= 15 is 0 Å². The lowest BCUT2D eigenvalue weighted by Crippen LogP contribution is -2.53. The zero-order valence-electron chi connectivity index (χ0n) is 8.59. The van der Waals surface area contributed by atoms with Gasteiger partial charge in [0.05, 0.1) is 0 Å². The summed E-state index contributed by atoms with van der Waals surface area (Å²) in [4.78, 5) is 22.3. The highest BCUT2D eigenvalue weighted by molar-refractivity contribution is 6.07. The van der Waals surface area contributed by atoms with E-state index in [4.69, 9.17) is 10.8 Å². The van der Waals surface area contributed by atoms with Crippen LogP contribution in [0.2, 0.25) is 0 Å². The molecule has 0 amide bonds. The van der Waals surface area contributed by atoms with E-state index in [1.54, 1.807) is 30.3 Å². The van der Waals surface area contributed by atoms with Gasteiger partial charge in [0.1, 0.15) is 0 Å². The Bertz CT molecular complexity index is 390. The zero-order chi connectivity index (χ0) is 12.2. The van der Waals surface area contributed by atoms with Crippen LogP contribution in [0, 0.1) is 0 Å². The fourth-order valence-electron chi connectivity index (χ4n) is 1.25. The molecule has 0 aromatic heterocycles. The van der Waals surface area contributed by atoms with Crippen molar-refractivity contribution in [3.8, 4) is 0 Å². The molecule has 16 heavy (non-hydrogen) atoms. The van der Waals surface area contributed by atoms with Gasteiger partial charge in [-0.3, -0.25) is 4.79 Å². The topological polar surface area (TPSA) is 101 Å². The second-order valence-corrected chi connectivity index (χ2v) is 3.46. The minimum Gasteiger partial charge on any atom is -0.479 e. The van der Waals surface area contributed by atoms with Gasteiger partial charge >= 0.3 is 5.97 Å². The Morgan fingerprint density at radius 2 is 1.81 bits per heavy atom. The molecule has 86 valence electrons. The molecule has 4 N–H and O–H groups in total. The van der Waals surface area contributed by atoms with E-state index in [1.165, 1.54) is 0 Å². The molecule has 1 aromatic rings. The van der Waals surface area contributed by atoms with Crippen molar-refractivity contribution in [1.82, 2.24) is 0 Å². The van der Waals surface area contributed by atoms with Crippen molar-refractivity contribution in [3.05, 3.63) is 35.9 Å². The second-order valence-electron chi connectivity index (χ2n) is 3.46. The van der Waals surface area contributed by atoms with Crippen LogP contribution < -0.4 is 5.73 Å². The van der Waals surface area contributed by atoms with E-state index in [0.717, 1.165) is 0 Å². The van der Waals surface area contributed by atoms with E-state index in [0.29, 0.717) is 5.56 Å². The Morgan fingerprint density at radius 3 is 2.25 bits per heavy atom. The van der Waals surface area contributed by atoms with Gasteiger partial charge in [0, 0.05) is 13.0 Å². The molecule has 1 atom stereocenters. The third-order valence-electron chi connectivity index (χ3n) is 2.32. The summed E-state index contributed by atoms with van der Waals surface area (Å²) in [5.41, 5.74) is 3.26. The molecule has 0 heterocycles. The summed E-state index contributed by atoms with van der Waals surface area (Å²) in [6.07, 6.45) is -0.152. The Kier molecular flexibility index (Phi) is 3.76. The Hall–Kier alpha value is -1.72. The summed E-state index contributed by atoms with van der Waals surface area (Å²) in [5.74, 6) is -2.43. The van der Waals surface area contributed by atoms with Crippen LogP contribution in [0.5, 0.6) is 0 Å². The van der Waals surface area contributed by atoms with Gasteiger partial charge in [-0.25, -0.2) is 4.79 Å². The Balaban J connectivity index is 2.83. The monoisotopic (exact) mass is 223 g/mol. The first-order valence-corrected chi connectivity index (χ1v) is 4.74. The number of benzene rings is 1. The lowest BCUT2D eigenvalue weighted by atomic mass is 9.93. The molecule has 1 aromatic carbocycles. The van der Waals surface area contributed by atoms with E-state index in [2.05, 4.69) is 0 Å². The lowest BCUT2D eigenvalue weighted by Gasteiger charge is -2.19. The fourth-order valence-corrected chi connectivity index (χ4v) is 1.25.